The van der Waals surface area contributed by atoms with E-state index in [1.54, 1.807) is 0 Å². The fourth-order valence-corrected chi connectivity index (χ4v) is 4.35. The van der Waals surface area contributed by atoms with Crippen molar-refractivity contribution in [2.75, 3.05) is 0 Å². The van der Waals surface area contributed by atoms with E-state index >= 15 is 0 Å². The van der Waals surface area contributed by atoms with E-state index in [0.29, 0.717) is 10.5 Å². The van der Waals surface area contributed by atoms with Gasteiger partial charge in [-0.3, -0.25) is 0 Å². The lowest BCUT2D eigenvalue weighted by Gasteiger charge is -2.30. The molecule has 0 heterocycles. The summed E-state index contributed by atoms with van der Waals surface area (Å²) in [6, 6.07) is 0. The highest BCUT2D eigenvalue weighted by atomic mass is 32.2. The molecule has 0 saturated heterocycles. The molecule has 2 aliphatic carbocycles. The minimum absolute atomic E-state index is 0.509. The summed E-state index contributed by atoms with van der Waals surface area (Å²) in [5.41, 5.74) is 0. The van der Waals surface area contributed by atoms with Crippen LogP contribution in [0.4, 0.5) is 8.78 Å². The van der Waals surface area contributed by atoms with Crippen LogP contribution in [0.2, 0.25) is 0 Å². The molecule has 0 amide bonds. The van der Waals surface area contributed by atoms with E-state index in [0.717, 1.165) is 44.9 Å². The van der Waals surface area contributed by atoms with E-state index in [1.165, 1.54) is 6.42 Å². The van der Waals surface area contributed by atoms with Gasteiger partial charge in [0.05, 0.1) is 0 Å². The lowest BCUT2D eigenvalue weighted by molar-refractivity contribution is 0.248. The second-order valence-electron chi connectivity index (χ2n) is 4.90. The van der Waals surface area contributed by atoms with Gasteiger partial charge in [0.1, 0.15) is 12.3 Å². The van der Waals surface area contributed by atoms with Gasteiger partial charge in [-0.2, -0.15) is 11.8 Å². The Bertz CT molecular complexity index is 190. The molecular weight excluding hydrogens is 214 g/mol. The molecule has 0 radical (unpaired) electrons. The van der Waals surface area contributed by atoms with Crippen LogP contribution in [0, 0.1) is 0 Å². The van der Waals surface area contributed by atoms with Gasteiger partial charge in [-0.1, -0.05) is 0 Å². The zero-order valence-electron chi connectivity index (χ0n) is 9.13. The van der Waals surface area contributed by atoms with Crippen molar-refractivity contribution in [1.29, 1.82) is 0 Å². The standard InChI is InChI=1S/C12H20F2S/c13-9-4-6-11(7-5-9)15-12-3-1-2-10(14)8-12/h9-12H,1-8H2. The van der Waals surface area contributed by atoms with E-state index in [2.05, 4.69) is 0 Å². The molecule has 0 nitrogen and oxygen atoms in total. The second kappa shape index (κ2) is 5.51. The minimum atomic E-state index is -0.575. The highest BCUT2D eigenvalue weighted by Crippen LogP contribution is 2.38. The molecule has 0 aliphatic heterocycles. The number of thioether (sulfide) groups is 1. The molecule has 2 rings (SSSR count). The average Bonchev–Trinajstić information content (AvgIpc) is 2.22. The molecule has 0 spiro atoms. The Morgan fingerprint density at radius 3 is 2.13 bits per heavy atom. The summed E-state index contributed by atoms with van der Waals surface area (Å²) in [6.45, 7) is 0. The fourth-order valence-electron chi connectivity index (χ4n) is 2.64. The summed E-state index contributed by atoms with van der Waals surface area (Å²) in [6.07, 6.45) is 6.01. The lowest BCUT2D eigenvalue weighted by Crippen LogP contribution is -2.23. The van der Waals surface area contributed by atoms with Crippen molar-refractivity contribution in [3.8, 4) is 0 Å². The van der Waals surface area contributed by atoms with E-state index in [-0.39, 0.29) is 0 Å². The van der Waals surface area contributed by atoms with E-state index < -0.39 is 12.3 Å². The number of alkyl halides is 2. The van der Waals surface area contributed by atoms with Crippen LogP contribution in [0.15, 0.2) is 0 Å². The van der Waals surface area contributed by atoms with Crippen LogP contribution in [0.1, 0.15) is 51.4 Å². The zero-order valence-corrected chi connectivity index (χ0v) is 9.95. The Balaban J connectivity index is 1.71. The normalized spacial score (nSPS) is 42.8. The summed E-state index contributed by atoms with van der Waals surface area (Å²) in [5.74, 6) is 0. The molecule has 2 atom stereocenters. The van der Waals surface area contributed by atoms with E-state index in [4.69, 9.17) is 0 Å². The third kappa shape index (κ3) is 3.61. The van der Waals surface area contributed by atoms with Crippen molar-refractivity contribution in [3.63, 3.8) is 0 Å². The third-order valence-electron chi connectivity index (χ3n) is 3.55. The van der Waals surface area contributed by atoms with Crippen molar-refractivity contribution in [2.24, 2.45) is 0 Å². The SMILES string of the molecule is FC1CCC(SC2CCCC(F)C2)CC1. The van der Waals surface area contributed by atoms with Gasteiger partial charge in [-0.25, -0.2) is 8.78 Å². The van der Waals surface area contributed by atoms with Crippen LogP contribution in [-0.2, 0) is 0 Å². The zero-order chi connectivity index (χ0) is 10.7. The van der Waals surface area contributed by atoms with Gasteiger partial charge < -0.3 is 0 Å². The van der Waals surface area contributed by atoms with Crippen LogP contribution >= 0.6 is 11.8 Å². The van der Waals surface area contributed by atoms with Crippen LogP contribution in [0.25, 0.3) is 0 Å². The number of halogens is 2. The summed E-state index contributed by atoms with van der Waals surface area (Å²) in [4.78, 5) is 0. The largest absolute Gasteiger partial charge is 0.247 e. The molecule has 88 valence electrons. The van der Waals surface area contributed by atoms with Gasteiger partial charge in [-0.05, 0) is 51.4 Å². The molecule has 0 aromatic heterocycles. The Hall–Kier alpha value is 0.210. The van der Waals surface area contributed by atoms with Crippen LogP contribution < -0.4 is 0 Å². The quantitative estimate of drug-likeness (QED) is 0.687. The number of hydrogen-bond acceptors (Lipinski definition) is 1. The summed E-state index contributed by atoms with van der Waals surface area (Å²) < 4.78 is 26.1. The molecule has 2 unspecified atom stereocenters. The van der Waals surface area contributed by atoms with Crippen molar-refractivity contribution >= 4 is 11.8 Å². The summed E-state index contributed by atoms with van der Waals surface area (Å²) >= 11 is 1.94. The first-order valence-electron chi connectivity index (χ1n) is 6.17. The molecule has 0 aromatic carbocycles. The topological polar surface area (TPSA) is 0 Å². The Morgan fingerprint density at radius 2 is 1.47 bits per heavy atom. The maximum atomic E-state index is 13.2. The first-order chi connectivity index (χ1) is 7.24. The highest BCUT2D eigenvalue weighted by Gasteiger charge is 2.27. The molecule has 2 saturated carbocycles. The summed E-state index contributed by atoms with van der Waals surface area (Å²) in [5, 5.41) is 1.11. The molecule has 3 heteroatoms. The third-order valence-corrected chi connectivity index (χ3v) is 5.22. The monoisotopic (exact) mass is 234 g/mol. The van der Waals surface area contributed by atoms with Crippen molar-refractivity contribution in [2.45, 2.75) is 74.2 Å². The summed E-state index contributed by atoms with van der Waals surface area (Å²) in [7, 11) is 0. The maximum absolute atomic E-state index is 13.2. The molecule has 0 bridgehead atoms. The molecule has 15 heavy (non-hydrogen) atoms. The average molecular weight is 234 g/mol. The first-order valence-corrected chi connectivity index (χ1v) is 7.12. The van der Waals surface area contributed by atoms with Crippen LogP contribution in [0.5, 0.6) is 0 Å². The Morgan fingerprint density at radius 1 is 0.733 bits per heavy atom. The van der Waals surface area contributed by atoms with Crippen LogP contribution in [0.3, 0.4) is 0 Å². The second-order valence-corrected chi connectivity index (χ2v) is 6.50. The first kappa shape index (κ1) is 11.7. The van der Waals surface area contributed by atoms with Crippen LogP contribution in [-0.4, -0.2) is 22.8 Å². The number of hydrogen-bond donors (Lipinski definition) is 0. The van der Waals surface area contributed by atoms with Crippen molar-refractivity contribution in [1.82, 2.24) is 0 Å². The van der Waals surface area contributed by atoms with Crippen molar-refractivity contribution < 1.29 is 8.78 Å². The predicted molar refractivity (Wildman–Crippen MR) is 61.9 cm³/mol. The van der Waals surface area contributed by atoms with Crippen molar-refractivity contribution in [3.05, 3.63) is 0 Å². The fraction of sp³-hybridized carbons (Fsp3) is 1.00. The molecule has 2 fully saturated rings. The Labute approximate surface area is 95.2 Å². The van der Waals surface area contributed by atoms with Gasteiger partial charge in [0, 0.05) is 10.5 Å². The minimum Gasteiger partial charge on any atom is -0.247 e. The molecular formula is C12H20F2S. The molecule has 0 aromatic rings. The van der Waals surface area contributed by atoms with Gasteiger partial charge in [0.15, 0.2) is 0 Å². The predicted octanol–water partition coefficient (Wildman–Crippen LogP) is 4.28. The van der Waals surface area contributed by atoms with Gasteiger partial charge in [-0.15, -0.1) is 0 Å². The van der Waals surface area contributed by atoms with Gasteiger partial charge in [0.2, 0.25) is 0 Å². The maximum Gasteiger partial charge on any atom is 0.101 e. The molecule has 2 aliphatic rings. The molecule has 0 N–H and O–H groups in total. The van der Waals surface area contributed by atoms with E-state index in [1.807, 2.05) is 11.8 Å². The van der Waals surface area contributed by atoms with E-state index in [9.17, 15) is 8.78 Å². The lowest BCUT2D eigenvalue weighted by atomic mass is 9.98. The smallest absolute Gasteiger partial charge is 0.101 e. The van der Waals surface area contributed by atoms with Gasteiger partial charge >= 0.3 is 0 Å². The highest BCUT2D eigenvalue weighted by molar-refractivity contribution is 8.00. The number of rotatable bonds is 2. The Kier molecular flexibility index (Phi) is 4.30. The van der Waals surface area contributed by atoms with Gasteiger partial charge in [0.25, 0.3) is 0 Å².